The molecule has 2 amide bonds. The topological polar surface area (TPSA) is 49.9 Å². The fourth-order valence-corrected chi connectivity index (χ4v) is 4.15. The monoisotopic (exact) mass is 426 g/mol. The molecule has 1 aromatic rings. The van der Waals surface area contributed by atoms with Gasteiger partial charge >= 0.3 is 6.18 Å². The Balaban J connectivity index is 1.68. The first-order chi connectivity index (χ1) is 13.9. The minimum atomic E-state index is -4.40. The van der Waals surface area contributed by atoms with E-state index in [0.29, 0.717) is 31.7 Å². The van der Waals surface area contributed by atoms with Crippen LogP contribution in [0.4, 0.5) is 18.9 Å². The van der Waals surface area contributed by atoms with Gasteiger partial charge in [0.15, 0.2) is 6.61 Å². The minimum absolute atomic E-state index is 0.0327. The number of amides is 2. The molecule has 0 radical (unpaired) electrons. The van der Waals surface area contributed by atoms with Gasteiger partial charge in [-0.3, -0.25) is 9.59 Å². The van der Waals surface area contributed by atoms with Gasteiger partial charge < -0.3 is 14.5 Å². The Hall–Kier alpha value is -2.25. The summed E-state index contributed by atoms with van der Waals surface area (Å²) in [4.78, 5) is 29.4. The van der Waals surface area contributed by atoms with E-state index in [0.717, 1.165) is 12.8 Å². The van der Waals surface area contributed by atoms with E-state index in [1.54, 1.807) is 17.0 Å². The number of hydrogen-bond acceptors (Lipinski definition) is 3. The Labute approximate surface area is 175 Å². The predicted molar refractivity (Wildman–Crippen MR) is 107 cm³/mol. The number of alkyl halides is 3. The van der Waals surface area contributed by atoms with Gasteiger partial charge in [-0.05, 0) is 48.4 Å². The number of nitrogens with zero attached hydrogens (tertiary/aromatic N) is 2. The third-order valence-corrected chi connectivity index (χ3v) is 5.50. The van der Waals surface area contributed by atoms with Crippen LogP contribution in [0, 0.1) is 17.3 Å². The first-order valence-corrected chi connectivity index (χ1v) is 10.3. The van der Waals surface area contributed by atoms with E-state index in [2.05, 4.69) is 0 Å². The molecule has 0 saturated carbocycles. The molecule has 2 bridgehead atoms. The summed E-state index contributed by atoms with van der Waals surface area (Å²) in [5.74, 6) is 0.183. The highest BCUT2D eigenvalue weighted by Crippen LogP contribution is 2.33. The summed E-state index contributed by atoms with van der Waals surface area (Å²) in [6.07, 6.45) is -2.40. The highest BCUT2D eigenvalue weighted by atomic mass is 19.4. The maximum atomic E-state index is 13.2. The zero-order valence-electron chi connectivity index (χ0n) is 17.7. The molecular weight excluding hydrogens is 397 g/mol. The number of fused-ring (bicyclic) bond motifs is 2. The molecule has 0 N–H and O–H groups in total. The largest absolute Gasteiger partial charge is 0.484 e. The third kappa shape index (κ3) is 5.89. The molecule has 3 rings (SSSR count). The van der Waals surface area contributed by atoms with Crippen LogP contribution in [0.3, 0.4) is 0 Å². The Bertz CT molecular complexity index is 771. The van der Waals surface area contributed by atoms with Gasteiger partial charge in [0.25, 0.3) is 0 Å². The number of rotatable bonds is 4. The maximum Gasteiger partial charge on any atom is 0.422 e. The zero-order valence-corrected chi connectivity index (χ0v) is 17.7. The van der Waals surface area contributed by atoms with E-state index in [1.807, 2.05) is 25.7 Å². The number of hydrogen-bond donors (Lipinski definition) is 0. The lowest BCUT2D eigenvalue weighted by molar-refractivity contribution is -0.153. The fourth-order valence-electron chi connectivity index (χ4n) is 4.15. The van der Waals surface area contributed by atoms with Gasteiger partial charge in [0.1, 0.15) is 5.75 Å². The van der Waals surface area contributed by atoms with Crippen LogP contribution in [0.5, 0.6) is 5.75 Å². The molecule has 166 valence electrons. The predicted octanol–water partition coefficient (Wildman–Crippen LogP) is 4.27. The lowest BCUT2D eigenvalue weighted by atomic mass is 9.86. The molecule has 2 saturated heterocycles. The summed E-state index contributed by atoms with van der Waals surface area (Å²) < 4.78 is 41.7. The fraction of sp³-hybridized carbons (Fsp3) is 0.636. The maximum absolute atomic E-state index is 13.2. The van der Waals surface area contributed by atoms with Gasteiger partial charge in [-0.1, -0.05) is 20.8 Å². The van der Waals surface area contributed by atoms with Crippen molar-refractivity contribution < 1.29 is 27.5 Å². The number of likely N-dealkylation sites (tertiary alicyclic amines) is 1. The summed E-state index contributed by atoms with van der Waals surface area (Å²) in [5.41, 5.74) is 0.533. The summed E-state index contributed by atoms with van der Waals surface area (Å²) in [6.45, 7) is 6.36. The molecule has 8 heteroatoms. The third-order valence-electron chi connectivity index (χ3n) is 5.50. The number of carbonyl (C=O) groups is 2. The molecule has 5 nitrogen and oxygen atoms in total. The van der Waals surface area contributed by atoms with Crippen LogP contribution >= 0.6 is 0 Å². The molecule has 2 aliphatic heterocycles. The standard InChI is InChI=1S/C22H29F3N2O3/c1-21(2,3)11-19(28)26-12-15-8-9-27(20(29)16(10-15)13-26)17-4-6-18(7-5-17)30-14-22(23,24)25/h4-7,15-16H,8-14H2,1-3H3/t15-,16-/m0/s1. The molecule has 1 aromatic carbocycles. The molecule has 0 unspecified atom stereocenters. The smallest absolute Gasteiger partial charge is 0.422 e. The van der Waals surface area contributed by atoms with Gasteiger partial charge in [-0.2, -0.15) is 13.2 Å². The van der Waals surface area contributed by atoms with E-state index in [4.69, 9.17) is 4.74 Å². The number of halogens is 3. The molecule has 0 spiro atoms. The Morgan fingerprint density at radius 3 is 2.40 bits per heavy atom. The number of piperidine rings is 1. The van der Waals surface area contributed by atoms with Crippen LogP contribution in [0.1, 0.15) is 40.0 Å². The summed E-state index contributed by atoms with van der Waals surface area (Å²) in [6, 6.07) is 6.12. The highest BCUT2D eigenvalue weighted by Gasteiger charge is 2.39. The average Bonchev–Trinajstić information content (AvgIpc) is 2.75. The zero-order chi connectivity index (χ0) is 22.1. The number of anilines is 1. The highest BCUT2D eigenvalue weighted by molar-refractivity contribution is 5.96. The van der Waals surface area contributed by atoms with Crippen molar-refractivity contribution in [1.82, 2.24) is 4.90 Å². The van der Waals surface area contributed by atoms with Crippen molar-refractivity contribution in [2.24, 2.45) is 17.3 Å². The van der Waals surface area contributed by atoms with Crippen LogP contribution in [0.25, 0.3) is 0 Å². The summed E-state index contributed by atoms with van der Waals surface area (Å²) in [5, 5.41) is 0. The van der Waals surface area contributed by atoms with Gasteiger partial charge in [0, 0.05) is 31.7 Å². The van der Waals surface area contributed by atoms with Crippen LogP contribution in [-0.2, 0) is 9.59 Å². The van der Waals surface area contributed by atoms with Gasteiger partial charge in [0.2, 0.25) is 11.8 Å². The molecular formula is C22H29F3N2O3. The summed E-state index contributed by atoms with van der Waals surface area (Å²) >= 11 is 0. The van der Waals surface area contributed by atoms with E-state index in [9.17, 15) is 22.8 Å². The Morgan fingerprint density at radius 1 is 1.13 bits per heavy atom. The van der Waals surface area contributed by atoms with E-state index in [1.165, 1.54) is 12.1 Å². The van der Waals surface area contributed by atoms with Crippen LogP contribution in [0.2, 0.25) is 0 Å². The molecule has 2 atom stereocenters. The van der Waals surface area contributed by atoms with Crippen LogP contribution in [-0.4, -0.2) is 49.1 Å². The SMILES string of the molecule is CC(C)(C)CC(=O)N1C[C@H]2CCN(c3ccc(OCC(F)(F)F)cc3)C(=O)[C@@H](C2)C1. The second-order valence-electron chi connectivity index (χ2n) is 9.51. The van der Waals surface area contributed by atoms with Crippen molar-refractivity contribution in [3.63, 3.8) is 0 Å². The Morgan fingerprint density at radius 2 is 1.80 bits per heavy atom. The second kappa shape index (κ2) is 8.47. The van der Waals surface area contributed by atoms with Crippen molar-refractivity contribution in [3.05, 3.63) is 24.3 Å². The van der Waals surface area contributed by atoms with Crippen molar-refractivity contribution in [1.29, 1.82) is 0 Å². The lowest BCUT2D eigenvalue weighted by Crippen LogP contribution is -2.47. The summed E-state index contributed by atoms with van der Waals surface area (Å²) in [7, 11) is 0. The first-order valence-electron chi connectivity index (χ1n) is 10.3. The second-order valence-corrected chi connectivity index (χ2v) is 9.51. The molecule has 0 aliphatic carbocycles. The number of carbonyl (C=O) groups excluding carboxylic acids is 2. The number of ether oxygens (including phenoxy) is 1. The molecule has 2 fully saturated rings. The van der Waals surface area contributed by atoms with Crippen molar-refractivity contribution in [2.75, 3.05) is 31.1 Å². The molecule has 2 aliphatic rings. The van der Waals surface area contributed by atoms with Crippen molar-refractivity contribution in [3.8, 4) is 5.75 Å². The minimum Gasteiger partial charge on any atom is -0.484 e. The molecule has 30 heavy (non-hydrogen) atoms. The van der Waals surface area contributed by atoms with Crippen molar-refractivity contribution >= 4 is 17.5 Å². The van der Waals surface area contributed by atoms with E-state index >= 15 is 0 Å². The van der Waals surface area contributed by atoms with E-state index < -0.39 is 12.8 Å². The number of benzene rings is 1. The van der Waals surface area contributed by atoms with E-state index in [-0.39, 0.29) is 34.8 Å². The molecule has 2 heterocycles. The van der Waals surface area contributed by atoms with Gasteiger partial charge in [-0.15, -0.1) is 0 Å². The normalized spacial score (nSPS) is 22.7. The van der Waals surface area contributed by atoms with Gasteiger partial charge in [-0.25, -0.2) is 0 Å². The lowest BCUT2D eigenvalue weighted by Gasteiger charge is -2.37. The average molecular weight is 426 g/mol. The first kappa shape index (κ1) is 22.4. The quantitative estimate of drug-likeness (QED) is 0.723. The van der Waals surface area contributed by atoms with Crippen LogP contribution < -0.4 is 9.64 Å². The van der Waals surface area contributed by atoms with Crippen LogP contribution in [0.15, 0.2) is 24.3 Å². The van der Waals surface area contributed by atoms with Gasteiger partial charge in [0.05, 0.1) is 5.92 Å². The molecule has 0 aromatic heterocycles. The Kier molecular flexibility index (Phi) is 6.34. The van der Waals surface area contributed by atoms with Crippen molar-refractivity contribution in [2.45, 2.75) is 46.2 Å².